The van der Waals surface area contributed by atoms with Gasteiger partial charge in [0.25, 0.3) is 0 Å². The number of carbonyl (C=O) groups excluding carboxylic acids is 1. The number of carbonyl (C=O) groups is 1. The summed E-state index contributed by atoms with van der Waals surface area (Å²) in [5.41, 5.74) is 0.498. The molecule has 0 aliphatic rings. The van der Waals surface area contributed by atoms with Crippen LogP contribution in [0, 0.1) is 0 Å². The molecule has 0 aliphatic heterocycles. The van der Waals surface area contributed by atoms with Gasteiger partial charge >= 0.3 is 6.09 Å². The Balaban J connectivity index is 1.96. The summed E-state index contributed by atoms with van der Waals surface area (Å²) < 4.78 is 10.6. The normalized spacial score (nSPS) is 12.7. The van der Waals surface area contributed by atoms with Crippen LogP contribution in [0.1, 0.15) is 38.1 Å². The second kappa shape index (κ2) is 7.83. The molecule has 5 nitrogen and oxygen atoms in total. The molecule has 1 atom stereocenters. The minimum Gasteiger partial charge on any atom is -0.468 e. The molecule has 1 amide bonds. The maximum Gasteiger partial charge on any atom is 0.408 e. The SMILES string of the molecule is CC(C)(C)OC(=O)NC(CNCc1ccco1)c1ccccc1. The van der Waals surface area contributed by atoms with E-state index in [1.54, 1.807) is 6.26 Å². The molecule has 2 rings (SSSR count). The highest BCUT2D eigenvalue weighted by Crippen LogP contribution is 2.14. The van der Waals surface area contributed by atoms with E-state index in [-0.39, 0.29) is 6.04 Å². The van der Waals surface area contributed by atoms with E-state index in [1.165, 1.54) is 0 Å². The molecular formula is C18H24N2O3. The Labute approximate surface area is 137 Å². The van der Waals surface area contributed by atoms with Gasteiger partial charge in [-0.2, -0.15) is 0 Å². The van der Waals surface area contributed by atoms with Gasteiger partial charge in [0.1, 0.15) is 11.4 Å². The molecule has 0 aliphatic carbocycles. The molecule has 1 unspecified atom stereocenters. The molecule has 1 heterocycles. The number of benzene rings is 1. The highest BCUT2D eigenvalue weighted by Gasteiger charge is 2.20. The first kappa shape index (κ1) is 17.1. The lowest BCUT2D eigenvalue weighted by atomic mass is 10.1. The third kappa shape index (κ3) is 6.16. The van der Waals surface area contributed by atoms with Crippen LogP contribution in [0.2, 0.25) is 0 Å². The second-order valence-electron chi connectivity index (χ2n) is 6.32. The summed E-state index contributed by atoms with van der Waals surface area (Å²) in [6.45, 7) is 6.72. The minimum atomic E-state index is -0.521. The molecule has 0 radical (unpaired) electrons. The Morgan fingerprint density at radius 3 is 2.52 bits per heavy atom. The molecule has 2 N–H and O–H groups in total. The quantitative estimate of drug-likeness (QED) is 0.854. The molecule has 0 saturated heterocycles. The highest BCUT2D eigenvalue weighted by atomic mass is 16.6. The average molecular weight is 316 g/mol. The number of alkyl carbamates (subject to hydrolysis) is 1. The number of furan rings is 1. The summed E-state index contributed by atoms with van der Waals surface area (Å²) in [5, 5.41) is 6.21. The molecule has 1 aromatic heterocycles. The standard InChI is InChI=1S/C18H24N2O3/c1-18(2,3)23-17(21)20-16(14-8-5-4-6-9-14)13-19-12-15-10-7-11-22-15/h4-11,16,19H,12-13H2,1-3H3,(H,20,21). The molecule has 0 spiro atoms. The van der Waals surface area contributed by atoms with Crippen LogP contribution in [-0.4, -0.2) is 18.2 Å². The Kier molecular flexibility index (Phi) is 5.82. The number of hydrogen-bond donors (Lipinski definition) is 2. The lowest BCUT2D eigenvalue weighted by molar-refractivity contribution is 0.0503. The van der Waals surface area contributed by atoms with Crippen molar-refractivity contribution in [3.05, 3.63) is 60.1 Å². The van der Waals surface area contributed by atoms with Crippen molar-refractivity contribution < 1.29 is 13.9 Å². The Morgan fingerprint density at radius 2 is 1.91 bits per heavy atom. The first-order valence-corrected chi connectivity index (χ1v) is 7.71. The van der Waals surface area contributed by atoms with Crippen molar-refractivity contribution in [2.45, 2.75) is 39.0 Å². The number of ether oxygens (including phenoxy) is 1. The molecule has 23 heavy (non-hydrogen) atoms. The van der Waals surface area contributed by atoms with Gasteiger partial charge in [-0.3, -0.25) is 0 Å². The number of rotatable bonds is 6. The maximum absolute atomic E-state index is 12.1. The van der Waals surface area contributed by atoms with Gasteiger partial charge in [-0.25, -0.2) is 4.79 Å². The van der Waals surface area contributed by atoms with Gasteiger partial charge in [0.15, 0.2) is 0 Å². The van der Waals surface area contributed by atoms with Gasteiger partial charge in [-0.15, -0.1) is 0 Å². The average Bonchev–Trinajstić information content (AvgIpc) is 2.98. The fraction of sp³-hybridized carbons (Fsp3) is 0.389. The molecule has 0 fully saturated rings. The van der Waals surface area contributed by atoms with E-state index in [0.29, 0.717) is 13.1 Å². The lowest BCUT2D eigenvalue weighted by Gasteiger charge is -2.24. The third-order valence-corrected chi connectivity index (χ3v) is 3.12. The van der Waals surface area contributed by atoms with Crippen molar-refractivity contribution in [3.8, 4) is 0 Å². The lowest BCUT2D eigenvalue weighted by Crippen LogP contribution is -2.39. The fourth-order valence-corrected chi connectivity index (χ4v) is 2.14. The molecule has 2 aromatic rings. The fourth-order valence-electron chi connectivity index (χ4n) is 2.14. The monoisotopic (exact) mass is 316 g/mol. The van der Waals surface area contributed by atoms with Gasteiger partial charge in [-0.05, 0) is 38.5 Å². The second-order valence-corrected chi connectivity index (χ2v) is 6.32. The number of hydrogen-bond acceptors (Lipinski definition) is 4. The molecule has 1 aromatic carbocycles. The summed E-state index contributed by atoms with van der Waals surface area (Å²) in [4.78, 5) is 12.1. The van der Waals surface area contributed by atoms with Crippen LogP contribution in [0.4, 0.5) is 4.79 Å². The predicted molar refractivity (Wildman–Crippen MR) is 89.0 cm³/mol. The van der Waals surface area contributed by atoms with E-state index in [2.05, 4.69) is 10.6 Å². The topological polar surface area (TPSA) is 63.5 Å². The smallest absolute Gasteiger partial charge is 0.408 e. The highest BCUT2D eigenvalue weighted by molar-refractivity contribution is 5.68. The number of nitrogens with one attached hydrogen (secondary N) is 2. The Bertz CT molecular complexity index is 588. The molecule has 124 valence electrons. The van der Waals surface area contributed by atoms with E-state index in [4.69, 9.17) is 9.15 Å². The van der Waals surface area contributed by atoms with Gasteiger partial charge in [0.05, 0.1) is 18.8 Å². The zero-order valence-electron chi connectivity index (χ0n) is 13.8. The van der Waals surface area contributed by atoms with Gasteiger partial charge < -0.3 is 19.8 Å². The summed E-state index contributed by atoms with van der Waals surface area (Å²) in [6, 6.07) is 13.4. The molecular weight excluding hydrogens is 292 g/mol. The van der Waals surface area contributed by atoms with E-state index in [9.17, 15) is 4.79 Å². The van der Waals surface area contributed by atoms with Crippen LogP contribution in [-0.2, 0) is 11.3 Å². The maximum atomic E-state index is 12.1. The van der Waals surface area contributed by atoms with E-state index < -0.39 is 11.7 Å². The largest absolute Gasteiger partial charge is 0.468 e. The van der Waals surface area contributed by atoms with Crippen molar-refractivity contribution in [1.29, 1.82) is 0 Å². The van der Waals surface area contributed by atoms with Crippen LogP contribution in [0.25, 0.3) is 0 Å². The Morgan fingerprint density at radius 1 is 1.17 bits per heavy atom. The van der Waals surface area contributed by atoms with Gasteiger partial charge in [0, 0.05) is 6.54 Å². The zero-order chi connectivity index (χ0) is 16.7. The van der Waals surface area contributed by atoms with E-state index in [1.807, 2.05) is 63.2 Å². The van der Waals surface area contributed by atoms with E-state index in [0.717, 1.165) is 11.3 Å². The number of amides is 1. The molecule has 0 bridgehead atoms. The summed E-state index contributed by atoms with van der Waals surface area (Å²) in [6.07, 6.45) is 1.22. The Hall–Kier alpha value is -2.27. The van der Waals surface area contributed by atoms with E-state index >= 15 is 0 Å². The predicted octanol–water partition coefficient (Wildman–Crippen LogP) is 3.64. The van der Waals surface area contributed by atoms with Crippen molar-refractivity contribution in [2.75, 3.05) is 6.54 Å². The van der Waals surface area contributed by atoms with Crippen LogP contribution in [0.15, 0.2) is 53.1 Å². The summed E-state index contributed by atoms with van der Waals surface area (Å²) >= 11 is 0. The van der Waals surface area contributed by atoms with Crippen molar-refractivity contribution >= 4 is 6.09 Å². The van der Waals surface area contributed by atoms with Gasteiger partial charge in [0.2, 0.25) is 0 Å². The van der Waals surface area contributed by atoms with Crippen LogP contribution >= 0.6 is 0 Å². The summed E-state index contributed by atoms with van der Waals surface area (Å²) in [5.74, 6) is 0.856. The van der Waals surface area contributed by atoms with Crippen LogP contribution < -0.4 is 10.6 Å². The van der Waals surface area contributed by atoms with Crippen molar-refractivity contribution in [3.63, 3.8) is 0 Å². The third-order valence-electron chi connectivity index (χ3n) is 3.12. The summed E-state index contributed by atoms with van der Waals surface area (Å²) in [7, 11) is 0. The minimum absolute atomic E-state index is 0.180. The zero-order valence-corrected chi connectivity index (χ0v) is 13.8. The van der Waals surface area contributed by atoms with Crippen molar-refractivity contribution in [1.82, 2.24) is 10.6 Å². The van der Waals surface area contributed by atoms with Gasteiger partial charge in [-0.1, -0.05) is 30.3 Å². The first-order chi connectivity index (χ1) is 10.9. The molecule has 5 heteroatoms. The molecule has 0 saturated carbocycles. The first-order valence-electron chi connectivity index (χ1n) is 7.71. The van der Waals surface area contributed by atoms with Crippen molar-refractivity contribution in [2.24, 2.45) is 0 Å². The van der Waals surface area contributed by atoms with Crippen LogP contribution in [0.5, 0.6) is 0 Å². The van der Waals surface area contributed by atoms with Crippen LogP contribution in [0.3, 0.4) is 0 Å².